The Kier molecular flexibility index (Phi) is 3.88. The van der Waals surface area contributed by atoms with E-state index in [1.165, 1.54) is 6.07 Å². The van der Waals surface area contributed by atoms with Crippen LogP contribution >= 0.6 is 0 Å². The zero-order valence-corrected chi connectivity index (χ0v) is 10.1. The average molecular weight is 282 g/mol. The molecule has 0 saturated carbocycles. The normalized spacial score (nSPS) is 10.3. The number of nitro groups is 1. The quantitative estimate of drug-likeness (QED) is 0.688. The lowest BCUT2D eigenvalue weighted by Gasteiger charge is -2.08. The van der Waals surface area contributed by atoms with E-state index in [0.717, 1.165) is 30.3 Å². The third kappa shape index (κ3) is 2.87. The molecule has 0 amide bonds. The van der Waals surface area contributed by atoms with Crippen LogP contribution in [-0.2, 0) is 6.54 Å². The Bertz CT molecular complexity index is 642. The van der Waals surface area contributed by atoms with Crippen molar-refractivity contribution in [1.82, 2.24) is 0 Å². The average Bonchev–Trinajstić information content (AvgIpc) is 2.39. The summed E-state index contributed by atoms with van der Waals surface area (Å²) in [5.74, 6) is -2.29. The summed E-state index contributed by atoms with van der Waals surface area (Å²) in [6.45, 7) is -0.287. The summed E-state index contributed by atoms with van der Waals surface area (Å²) < 4.78 is 39.8. The van der Waals surface area contributed by atoms with E-state index in [4.69, 9.17) is 0 Å². The molecule has 20 heavy (non-hydrogen) atoms. The molecule has 4 nitrogen and oxygen atoms in total. The maximum absolute atomic E-state index is 13.4. The van der Waals surface area contributed by atoms with Crippen molar-refractivity contribution in [2.45, 2.75) is 6.54 Å². The second kappa shape index (κ2) is 5.60. The van der Waals surface area contributed by atoms with Crippen molar-refractivity contribution >= 4 is 11.4 Å². The van der Waals surface area contributed by atoms with Crippen molar-refractivity contribution < 1.29 is 18.1 Å². The molecule has 7 heteroatoms. The molecule has 1 N–H and O–H groups in total. The van der Waals surface area contributed by atoms with E-state index in [0.29, 0.717) is 0 Å². The molecule has 0 unspecified atom stereocenters. The highest BCUT2D eigenvalue weighted by molar-refractivity contribution is 5.61. The summed E-state index contributed by atoms with van der Waals surface area (Å²) in [6.07, 6.45) is 0. The first-order valence-corrected chi connectivity index (χ1v) is 5.59. The minimum Gasteiger partial charge on any atom is -0.375 e. The second-order valence-corrected chi connectivity index (χ2v) is 3.97. The lowest BCUT2D eigenvalue weighted by molar-refractivity contribution is -0.384. The van der Waals surface area contributed by atoms with Crippen LogP contribution in [0.3, 0.4) is 0 Å². The molecular formula is C13H9F3N2O2. The number of hydrogen-bond acceptors (Lipinski definition) is 3. The number of nitrogens with zero attached hydrogens (tertiary/aromatic N) is 1. The largest absolute Gasteiger partial charge is 0.375 e. The van der Waals surface area contributed by atoms with Crippen molar-refractivity contribution in [1.29, 1.82) is 0 Å². The van der Waals surface area contributed by atoms with E-state index >= 15 is 0 Å². The minimum atomic E-state index is -0.775. The molecule has 0 saturated heterocycles. The third-order valence-electron chi connectivity index (χ3n) is 2.67. The van der Waals surface area contributed by atoms with E-state index in [1.807, 2.05) is 0 Å². The summed E-state index contributed by atoms with van der Waals surface area (Å²) in [5, 5.41) is 13.3. The molecule has 0 aromatic heterocycles. The lowest BCUT2D eigenvalue weighted by atomic mass is 10.2. The van der Waals surface area contributed by atoms with Gasteiger partial charge in [0.25, 0.3) is 5.69 Å². The van der Waals surface area contributed by atoms with Crippen LogP contribution in [0.15, 0.2) is 36.4 Å². The molecular weight excluding hydrogens is 273 g/mol. The van der Waals surface area contributed by atoms with Crippen LogP contribution in [0.5, 0.6) is 0 Å². The molecule has 0 bridgehead atoms. The van der Waals surface area contributed by atoms with Crippen LogP contribution in [0, 0.1) is 27.6 Å². The van der Waals surface area contributed by atoms with Gasteiger partial charge in [-0.2, -0.15) is 0 Å². The summed E-state index contributed by atoms with van der Waals surface area (Å²) in [4.78, 5) is 10.00. The van der Waals surface area contributed by atoms with Crippen molar-refractivity contribution in [3.63, 3.8) is 0 Å². The number of nitrogens with one attached hydrogen (secondary N) is 1. The van der Waals surface area contributed by atoms with Gasteiger partial charge in [-0.25, -0.2) is 13.2 Å². The molecule has 0 aliphatic heterocycles. The fourth-order valence-electron chi connectivity index (χ4n) is 1.69. The molecule has 0 radical (unpaired) electrons. The van der Waals surface area contributed by atoms with Crippen LogP contribution in [-0.4, -0.2) is 4.92 Å². The van der Waals surface area contributed by atoms with Gasteiger partial charge in [-0.1, -0.05) is 6.07 Å². The highest BCUT2D eigenvalue weighted by Crippen LogP contribution is 2.26. The van der Waals surface area contributed by atoms with Gasteiger partial charge in [0, 0.05) is 12.1 Å². The van der Waals surface area contributed by atoms with Gasteiger partial charge in [-0.05, 0) is 24.3 Å². The van der Waals surface area contributed by atoms with Crippen molar-refractivity contribution in [2.75, 3.05) is 5.32 Å². The number of rotatable bonds is 4. The number of halogens is 3. The van der Waals surface area contributed by atoms with Gasteiger partial charge in [-0.3, -0.25) is 10.1 Å². The molecule has 0 atom stereocenters. The summed E-state index contributed by atoms with van der Waals surface area (Å²) in [6, 6.07) is 6.28. The number of anilines is 1. The molecule has 0 fully saturated rings. The van der Waals surface area contributed by atoms with Gasteiger partial charge in [0.2, 0.25) is 0 Å². The Morgan fingerprint density at radius 3 is 2.35 bits per heavy atom. The zero-order chi connectivity index (χ0) is 14.7. The van der Waals surface area contributed by atoms with Crippen molar-refractivity contribution in [3.05, 3.63) is 69.5 Å². The Hall–Kier alpha value is -2.57. The first-order chi connectivity index (χ1) is 9.49. The first-order valence-electron chi connectivity index (χ1n) is 5.59. The van der Waals surface area contributed by atoms with E-state index in [1.54, 1.807) is 0 Å². The van der Waals surface area contributed by atoms with Gasteiger partial charge in [0.1, 0.15) is 23.1 Å². The van der Waals surface area contributed by atoms with Gasteiger partial charge >= 0.3 is 0 Å². The van der Waals surface area contributed by atoms with Gasteiger partial charge in [-0.15, -0.1) is 0 Å². The molecule has 2 rings (SSSR count). The van der Waals surface area contributed by atoms with Crippen molar-refractivity contribution in [2.24, 2.45) is 0 Å². The predicted molar refractivity (Wildman–Crippen MR) is 66.7 cm³/mol. The fourth-order valence-corrected chi connectivity index (χ4v) is 1.69. The van der Waals surface area contributed by atoms with Crippen LogP contribution in [0.25, 0.3) is 0 Å². The fraction of sp³-hybridized carbons (Fsp3) is 0.0769. The molecule has 0 spiro atoms. The minimum absolute atomic E-state index is 0.0148. The van der Waals surface area contributed by atoms with E-state index in [9.17, 15) is 23.3 Å². The van der Waals surface area contributed by atoms with Gasteiger partial charge in [0.15, 0.2) is 0 Å². The van der Waals surface area contributed by atoms with Crippen LogP contribution < -0.4 is 5.32 Å². The molecule has 2 aromatic carbocycles. The summed E-state index contributed by atoms with van der Waals surface area (Å²) in [5.41, 5.74) is -0.757. The highest BCUT2D eigenvalue weighted by Gasteiger charge is 2.16. The maximum atomic E-state index is 13.4. The first kappa shape index (κ1) is 13.9. The molecule has 104 valence electrons. The van der Waals surface area contributed by atoms with E-state index in [-0.39, 0.29) is 17.8 Å². The maximum Gasteiger partial charge on any atom is 0.295 e. The van der Waals surface area contributed by atoms with Gasteiger partial charge < -0.3 is 5.32 Å². The van der Waals surface area contributed by atoms with Crippen LogP contribution in [0.4, 0.5) is 24.5 Å². The summed E-state index contributed by atoms with van der Waals surface area (Å²) in [7, 11) is 0. The molecule has 0 aliphatic carbocycles. The second-order valence-electron chi connectivity index (χ2n) is 3.97. The number of benzene rings is 2. The molecule has 2 aromatic rings. The van der Waals surface area contributed by atoms with E-state index in [2.05, 4.69) is 5.32 Å². The molecule has 0 aliphatic rings. The highest BCUT2D eigenvalue weighted by atomic mass is 19.1. The Morgan fingerprint density at radius 2 is 1.75 bits per heavy atom. The van der Waals surface area contributed by atoms with Gasteiger partial charge in [0.05, 0.1) is 11.0 Å². The lowest BCUT2D eigenvalue weighted by Crippen LogP contribution is -2.06. The third-order valence-corrected chi connectivity index (χ3v) is 2.67. The SMILES string of the molecule is O=[N+]([O-])c1cc(F)ccc1NCc1c(F)cccc1F. The van der Waals surface area contributed by atoms with E-state index < -0.39 is 28.1 Å². The molecule has 0 heterocycles. The summed E-state index contributed by atoms with van der Waals surface area (Å²) >= 11 is 0. The topological polar surface area (TPSA) is 55.2 Å². The Labute approximate surface area is 112 Å². The zero-order valence-electron chi connectivity index (χ0n) is 10.1. The smallest absolute Gasteiger partial charge is 0.295 e. The van der Waals surface area contributed by atoms with Crippen molar-refractivity contribution in [3.8, 4) is 0 Å². The van der Waals surface area contributed by atoms with Crippen LogP contribution in [0.1, 0.15) is 5.56 Å². The predicted octanol–water partition coefficient (Wildman–Crippen LogP) is 3.62. The monoisotopic (exact) mass is 282 g/mol. The van der Waals surface area contributed by atoms with Crippen LogP contribution in [0.2, 0.25) is 0 Å². The Balaban J connectivity index is 2.25. The number of hydrogen-bond donors (Lipinski definition) is 1. The standard InChI is InChI=1S/C13H9F3N2O2/c14-8-4-5-12(13(6-8)18(19)20)17-7-9-10(15)2-1-3-11(9)16/h1-6,17H,7H2. The Morgan fingerprint density at radius 1 is 1.10 bits per heavy atom. The number of nitro benzene ring substituents is 1.